The number of aryl methyl sites for hydroxylation is 1. The Labute approximate surface area is 160 Å². The van der Waals surface area contributed by atoms with Gasteiger partial charge in [0.25, 0.3) is 5.91 Å². The van der Waals surface area contributed by atoms with Crippen molar-refractivity contribution in [2.45, 2.75) is 58.4 Å². The van der Waals surface area contributed by atoms with Crippen LogP contribution in [0.4, 0.5) is 0 Å². The first-order valence-corrected chi connectivity index (χ1v) is 10.0. The Balaban J connectivity index is 1.40. The molecule has 4 rings (SSSR count). The number of rotatable bonds is 5. The summed E-state index contributed by atoms with van der Waals surface area (Å²) in [5, 5.41) is 3.07. The number of nitrogens with zero attached hydrogens (tertiary/aromatic N) is 3. The molecule has 0 saturated heterocycles. The van der Waals surface area contributed by atoms with E-state index in [9.17, 15) is 4.79 Å². The predicted octanol–water partition coefficient (Wildman–Crippen LogP) is 4.23. The van der Waals surface area contributed by atoms with Crippen molar-refractivity contribution in [2.24, 2.45) is 0 Å². The molecule has 0 unspecified atom stereocenters. The second-order valence-corrected chi connectivity index (χ2v) is 7.65. The number of amides is 1. The first-order chi connectivity index (χ1) is 13.1. The van der Waals surface area contributed by atoms with Crippen molar-refractivity contribution in [1.82, 2.24) is 19.3 Å². The van der Waals surface area contributed by atoms with Gasteiger partial charge in [0, 0.05) is 42.8 Å². The van der Waals surface area contributed by atoms with Crippen LogP contribution in [0, 0.1) is 13.8 Å². The van der Waals surface area contributed by atoms with Gasteiger partial charge in [0.05, 0.1) is 11.3 Å². The molecule has 1 N–H and O–H groups in total. The minimum absolute atomic E-state index is 0.0222. The van der Waals surface area contributed by atoms with Crippen molar-refractivity contribution >= 4 is 11.6 Å². The third kappa shape index (κ3) is 3.64. The molecule has 3 aromatic rings. The van der Waals surface area contributed by atoms with Crippen molar-refractivity contribution in [3.8, 4) is 0 Å². The molecule has 5 heteroatoms. The summed E-state index contributed by atoms with van der Waals surface area (Å²) in [5.74, 6) is 0.0222. The molecule has 1 aliphatic rings. The summed E-state index contributed by atoms with van der Waals surface area (Å²) < 4.78 is 4.39. The number of nitrogens with one attached hydrogen (secondary N) is 1. The van der Waals surface area contributed by atoms with Crippen molar-refractivity contribution in [1.29, 1.82) is 0 Å². The Bertz CT molecular complexity index is 914. The quantitative estimate of drug-likeness (QED) is 0.736. The maximum Gasteiger partial charge on any atom is 0.253 e. The van der Waals surface area contributed by atoms with Crippen LogP contribution < -0.4 is 5.32 Å². The third-order valence-electron chi connectivity index (χ3n) is 5.75. The molecule has 27 heavy (non-hydrogen) atoms. The molecule has 1 fully saturated rings. The van der Waals surface area contributed by atoms with E-state index in [1.54, 1.807) is 0 Å². The van der Waals surface area contributed by atoms with Crippen LogP contribution in [-0.4, -0.2) is 26.4 Å². The maximum atomic E-state index is 12.7. The van der Waals surface area contributed by atoms with Crippen LogP contribution in [0.5, 0.6) is 0 Å². The van der Waals surface area contributed by atoms with Crippen LogP contribution in [0.3, 0.4) is 0 Å². The van der Waals surface area contributed by atoms with E-state index in [-0.39, 0.29) is 5.91 Å². The number of hydrogen-bond donors (Lipinski definition) is 1. The predicted molar refractivity (Wildman–Crippen MR) is 107 cm³/mol. The molecule has 1 saturated carbocycles. The van der Waals surface area contributed by atoms with Crippen LogP contribution in [0.15, 0.2) is 36.7 Å². The lowest BCUT2D eigenvalue weighted by Gasteiger charge is -2.26. The van der Waals surface area contributed by atoms with Crippen molar-refractivity contribution in [3.05, 3.63) is 59.3 Å². The molecule has 3 aromatic heterocycles. The van der Waals surface area contributed by atoms with Gasteiger partial charge in [-0.3, -0.25) is 4.79 Å². The largest absolute Gasteiger partial charge is 0.352 e. The standard InChI is InChI=1S/C22H28N4O/c1-16-14-20(17(2)26(16)19-8-4-3-5-9-19)22(27)23-12-11-18-15-25-13-7-6-10-21(25)24-18/h6-7,10,13-15,19H,3-5,8-9,11-12H2,1-2H3,(H,23,27). The minimum atomic E-state index is 0.0222. The normalized spacial score (nSPS) is 15.3. The molecule has 3 heterocycles. The summed E-state index contributed by atoms with van der Waals surface area (Å²) in [6, 6.07) is 8.56. The van der Waals surface area contributed by atoms with Crippen LogP contribution in [0.2, 0.25) is 0 Å². The van der Waals surface area contributed by atoms with Gasteiger partial charge < -0.3 is 14.3 Å². The highest BCUT2D eigenvalue weighted by molar-refractivity contribution is 5.95. The Kier molecular flexibility index (Phi) is 5.01. The highest BCUT2D eigenvalue weighted by atomic mass is 16.1. The lowest BCUT2D eigenvalue weighted by Crippen LogP contribution is -2.26. The fourth-order valence-electron chi connectivity index (χ4n) is 4.42. The molecule has 0 radical (unpaired) electrons. The Morgan fingerprint density at radius 1 is 1.22 bits per heavy atom. The Morgan fingerprint density at radius 2 is 2.04 bits per heavy atom. The molecular formula is C22H28N4O. The van der Waals surface area contributed by atoms with Crippen LogP contribution in [0.25, 0.3) is 5.65 Å². The van der Waals surface area contributed by atoms with Gasteiger partial charge in [0.2, 0.25) is 0 Å². The van der Waals surface area contributed by atoms with Gasteiger partial charge in [-0.2, -0.15) is 0 Å². The molecule has 0 bridgehead atoms. The summed E-state index contributed by atoms with van der Waals surface area (Å²) in [7, 11) is 0. The average molecular weight is 364 g/mol. The van der Waals surface area contributed by atoms with Gasteiger partial charge in [0.15, 0.2) is 0 Å². The lowest BCUT2D eigenvalue weighted by atomic mass is 9.95. The van der Waals surface area contributed by atoms with Crippen LogP contribution >= 0.6 is 0 Å². The van der Waals surface area contributed by atoms with E-state index in [0.29, 0.717) is 12.6 Å². The molecule has 142 valence electrons. The van der Waals surface area contributed by atoms with Crippen molar-refractivity contribution < 1.29 is 4.79 Å². The number of imidazole rings is 1. The fourth-order valence-corrected chi connectivity index (χ4v) is 4.42. The number of fused-ring (bicyclic) bond motifs is 1. The topological polar surface area (TPSA) is 51.3 Å². The second-order valence-electron chi connectivity index (χ2n) is 7.65. The van der Waals surface area contributed by atoms with Crippen molar-refractivity contribution in [3.63, 3.8) is 0 Å². The van der Waals surface area contributed by atoms with E-state index in [4.69, 9.17) is 0 Å². The van der Waals surface area contributed by atoms with E-state index in [2.05, 4.69) is 28.7 Å². The molecule has 1 amide bonds. The van der Waals surface area contributed by atoms with Gasteiger partial charge in [-0.25, -0.2) is 4.98 Å². The van der Waals surface area contributed by atoms with E-state index in [1.165, 1.54) is 37.8 Å². The number of pyridine rings is 1. The summed E-state index contributed by atoms with van der Waals surface area (Å²) >= 11 is 0. The lowest BCUT2D eigenvalue weighted by molar-refractivity contribution is 0.0953. The molecule has 5 nitrogen and oxygen atoms in total. The Hall–Kier alpha value is -2.56. The zero-order chi connectivity index (χ0) is 18.8. The summed E-state index contributed by atoms with van der Waals surface area (Å²) in [5.41, 5.74) is 5.05. The Morgan fingerprint density at radius 3 is 2.81 bits per heavy atom. The summed E-state index contributed by atoms with van der Waals surface area (Å²) in [6.45, 7) is 4.80. The highest BCUT2D eigenvalue weighted by Gasteiger charge is 2.22. The van der Waals surface area contributed by atoms with Crippen molar-refractivity contribution in [2.75, 3.05) is 6.54 Å². The third-order valence-corrected chi connectivity index (χ3v) is 5.75. The molecule has 0 spiro atoms. The van der Waals surface area contributed by atoms with E-state index in [1.807, 2.05) is 41.1 Å². The zero-order valence-corrected chi connectivity index (χ0v) is 16.2. The van der Waals surface area contributed by atoms with Gasteiger partial charge in [0.1, 0.15) is 5.65 Å². The number of aromatic nitrogens is 3. The minimum Gasteiger partial charge on any atom is -0.352 e. The summed E-state index contributed by atoms with van der Waals surface area (Å²) in [6.07, 6.45) is 11.1. The van der Waals surface area contributed by atoms with Gasteiger partial charge in [-0.15, -0.1) is 0 Å². The SMILES string of the molecule is Cc1cc(C(=O)NCCc2cn3ccccc3n2)c(C)n1C1CCCCC1. The zero-order valence-electron chi connectivity index (χ0n) is 16.2. The smallest absolute Gasteiger partial charge is 0.253 e. The van der Waals surface area contributed by atoms with Gasteiger partial charge >= 0.3 is 0 Å². The molecular weight excluding hydrogens is 336 g/mol. The molecule has 0 atom stereocenters. The second kappa shape index (κ2) is 7.59. The van der Waals surface area contributed by atoms with E-state index < -0.39 is 0 Å². The van der Waals surface area contributed by atoms with Crippen LogP contribution in [0.1, 0.15) is 65.6 Å². The van der Waals surface area contributed by atoms with E-state index in [0.717, 1.165) is 29.0 Å². The molecule has 1 aliphatic carbocycles. The molecule has 0 aliphatic heterocycles. The van der Waals surface area contributed by atoms with E-state index >= 15 is 0 Å². The summed E-state index contributed by atoms with van der Waals surface area (Å²) in [4.78, 5) is 17.3. The molecule has 0 aromatic carbocycles. The van der Waals surface area contributed by atoms with Gasteiger partial charge in [-0.1, -0.05) is 25.3 Å². The van der Waals surface area contributed by atoms with Gasteiger partial charge in [-0.05, 0) is 44.9 Å². The first-order valence-electron chi connectivity index (χ1n) is 10.0. The monoisotopic (exact) mass is 364 g/mol. The number of carbonyl (C=O) groups is 1. The maximum absolute atomic E-state index is 12.7. The average Bonchev–Trinajstić information content (AvgIpc) is 3.22. The number of hydrogen-bond acceptors (Lipinski definition) is 2. The fraction of sp³-hybridized carbons (Fsp3) is 0.455. The van der Waals surface area contributed by atoms with Crippen LogP contribution in [-0.2, 0) is 6.42 Å². The highest BCUT2D eigenvalue weighted by Crippen LogP contribution is 2.32. The first kappa shape index (κ1) is 17.8. The number of carbonyl (C=O) groups excluding carboxylic acids is 1.